The number of hydrogen-bond donors (Lipinski definition) is 2. The van der Waals surface area contributed by atoms with Gasteiger partial charge in [-0.15, -0.1) is 11.3 Å². The summed E-state index contributed by atoms with van der Waals surface area (Å²) in [5.41, 5.74) is 0.928. The minimum atomic E-state index is -1.19. The smallest absolute Gasteiger partial charge is 0.410 e. The molecule has 2 heterocycles. The van der Waals surface area contributed by atoms with Gasteiger partial charge in [0.1, 0.15) is 23.8 Å². The summed E-state index contributed by atoms with van der Waals surface area (Å²) in [6.45, 7) is 0.267. The van der Waals surface area contributed by atoms with Crippen molar-refractivity contribution in [2.45, 2.75) is 6.61 Å². The Labute approximate surface area is 123 Å². The molecular weight excluding hydrogens is 292 g/mol. The Bertz CT molecular complexity index is 757. The Balaban J connectivity index is 1.70. The molecule has 3 aromatic rings. The Morgan fingerprint density at radius 1 is 1.33 bits per heavy atom. The largest absolute Gasteiger partial charge is 0.470 e. The number of amides is 1. The van der Waals surface area contributed by atoms with Gasteiger partial charge < -0.3 is 9.84 Å². The molecule has 1 aromatic carbocycles. The summed E-state index contributed by atoms with van der Waals surface area (Å²) >= 11 is 1.54. The minimum Gasteiger partial charge on any atom is -0.470 e. The van der Waals surface area contributed by atoms with E-state index in [1.54, 1.807) is 11.3 Å². The number of carboxylic acid groups (broad SMARTS) is 1. The Morgan fingerprint density at radius 2 is 2.19 bits per heavy atom. The van der Waals surface area contributed by atoms with Gasteiger partial charge >= 0.3 is 6.09 Å². The van der Waals surface area contributed by atoms with Gasteiger partial charge in [-0.3, -0.25) is 5.32 Å². The zero-order chi connectivity index (χ0) is 14.7. The third kappa shape index (κ3) is 3.23. The second-order valence-corrected chi connectivity index (χ2v) is 5.15. The standard InChI is InChI=1S/C13H10N4O3S/c18-13(19)17-10-5-11(15-7-14-10)20-6-12-16-8-3-1-2-4-9(8)21-12/h1-5,7H,6H2,(H,18,19)(H,14,15,17). The molecule has 7 nitrogen and oxygen atoms in total. The van der Waals surface area contributed by atoms with Gasteiger partial charge in [0.2, 0.25) is 5.88 Å². The quantitative estimate of drug-likeness (QED) is 0.769. The summed E-state index contributed by atoms with van der Waals surface area (Å²) in [5, 5.41) is 11.6. The summed E-state index contributed by atoms with van der Waals surface area (Å²) < 4.78 is 6.60. The molecule has 0 spiro atoms. The van der Waals surface area contributed by atoms with Crippen molar-refractivity contribution in [2.75, 3.05) is 5.32 Å². The first-order valence-electron chi connectivity index (χ1n) is 6.00. The number of para-hydroxylation sites is 1. The number of ether oxygens (including phenoxy) is 1. The molecule has 0 saturated heterocycles. The molecule has 3 rings (SSSR count). The van der Waals surface area contributed by atoms with Crippen molar-refractivity contribution < 1.29 is 14.6 Å². The second kappa shape index (κ2) is 5.71. The molecule has 0 radical (unpaired) electrons. The molecule has 0 saturated carbocycles. The first-order valence-corrected chi connectivity index (χ1v) is 6.81. The number of fused-ring (bicyclic) bond motifs is 1. The maximum absolute atomic E-state index is 10.5. The fraction of sp³-hybridized carbons (Fsp3) is 0.0769. The average molecular weight is 302 g/mol. The van der Waals surface area contributed by atoms with Crippen LogP contribution in [0.4, 0.5) is 10.6 Å². The second-order valence-electron chi connectivity index (χ2n) is 4.04. The molecule has 21 heavy (non-hydrogen) atoms. The predicted molar refractivity (Wildman–Crippen MR) is 77.6 cm³/mol. The zero-order valence-corrected chi connectivity index (χ0v) is 11.5. The van der Waals surface area contributed by atoms with Crippen LogP contribution in [0, 0.1) is 0 Å². The van der Waals surface area contributed by atoms with Crippen LogP contribution in [0.2, 0.25) is 0 Å². The molecule has 106 valence electrons. The molecule has 2 aromatic heterocycles. The average Bonchev–Trinajstić information content (AvgIpc) is 2.87. The third-order valence-electron chi connectivity index (χ3n) is 2.56. The van der Waals surface area contributed by atoms with Crippen molar-refractivity contribution in [3.05, 3.63) is 41.7 Å². The van der Waals surface area contributed by atoms with E-state index in [-0.39, 0.29) is 18.3 Å². The third-order valence-corrected chi connectivity index (χ3v) is 3.57. The molecule has 8 heteroatoms. The number of nitrogens with one attached hydrogen (secondary N) is 1. The Hall–Kier alpha value is -2.74. The number of thiazole rings is 1. The van der Waals surface area contributed by atoms with Crippen molar-refractivity contribution in [3.8, 4) is 5.88 Å². The number of benzene rings is 1. The highest BCUT2D eigenvalue weighted by Crippen LogP contribution is 2.22. The van der Waals surface area contributed by atoms with Gasteiger partial charge in [0.25, 0.3) is 0 Å². The summed E-state index contributed by atoms with van der Waals surface area (Å²) in [6, 6.07) is 9.24. The maximum atomic E-state index is 10.5. The van der Waals surface area contributed by atoms with Crippen molar-refractivity contribution in [2.24, 2.45) is 0 Å². The van der Waals surface area contributed by atoms with E-state index in [4.69, 9.17) is 9.84 Å². The molecular formula is C13H10N4O3S. The van der Waals surface area contributed by atoms with E-state index >= 15 is 0 Å². The topological polar surface area (TPSA) is 97.2 Å². The fourth-order valence-corrected chi connectivity index (χ4v) is 2.59. The van der Waals surface area contributed by atoms with Crippen molar-refractivity contribution in [1.82, 2.24) is 15.0 Å². The fourth-order valence-electron chi connectivity index (χ4n) is 1.71. The van der Waals surface area contributed by atoms with Gasteiger partial charge in [-0.25, -0.2) is 19.7 Å². The van der Waals surface area contributed by atoms with Crippen LogP contribution in [0.25, 0.3) is 10.2 Å². The first-order chi connectivity index (χ1) is 10.2. The highest BCUT2D eigenvalue weighted by molar-refractivity contribution is 7.18. The number of nitrogens with zero attached hydrogens (tertiary/aromatic N) is 3. The van der Waals surface area contributed by atoms with Crippen LogP contribution in [-0.4, -0.2) is 26.2 Å². The summed E-state index contributed by atoms with van der Waals surface area (Å²) in [6.07, 6.45) is 0.0460. The van der Waals surface area contributed by atoms with E-state index in [0.29, 0.717) is 0 Å². The monoisotopic (exact) mass is 302 g/mol. The van der Waals surface area contributed by atoms with Gasteiger partial charge in [-0.05, 0) is 12.1 Å². The SMILES string of the molecule is O=C(O)Nc1cc(OCc2nc3ccccc3s2)ncn1. The van der Waals surface area contributed by atoms with Gasteiger partial charge in [0.15, 0.2) is 0 Å². The molecule has 0 aliphatic rings. The normalized spacial score (nSPS) is 10.5. The molecule has 0 fully saturated rings. The van der Waals surface area contributed by atoms with Crippen molar-refractivity contribution in [1.29, 1.82) is 0 Å². The summed E-state index contributed by atoms with van der Waals surface area (Å²) in [5.74, 6) is 0.449. The van der Waals surface area contributed by atoms with Gasteiger partial charge in [0.05, 0.1) is 10.2 Å². The predicted octanol–water partition coefficient (Wildman–Crippen LogP) is 2.76. The van der Waals surface area contributed by atoms with Crippen LogP contribution in [0.5, 0.6) is 5.88 Å². The van der Waals surface area contributed by atoms with Crippen LogP contribution >= 0.6 is 11.3 Å². The number of carbonyl (C=O) groups is 1. The number of aromatic nitrogens is 3. The highest BCUT2D eigenvalue weighted by atomic mass is 32.1. The van der Waals surface area contributed by atoms with E-state index in [0.717, 1.165) is 15.2 Å². The van der Waals surface area contributed by atoms with Crippen LogP contribution < -0.4 is 10.1 Å². The number of rotatable bonds is 4. The number of anilines is 1. The lowest BCUT2D eigenvalue weighted by Gasteiger charge is -2.04. The van der Waals surface area contributed by atoms with Gasteiger partial charge in [0, 0.05) is 6.07 Å². The van der Waals surface area contributed by atoms with Crippen LogP contribution in [-0.2, 0) is 6.61 Å². The lowest BCUT2D eigenvalue weighted by Crippen LogP contribution is -2.09. The molecule has 0 bridgehead atoms. The molecule has 1 amide bonds. The molecule has 0 atom stereocenters. The maximum Gasteiger partial charge on any atom is 0.410 e. The van der Waals surface area contributed by atoms with Crippen LogP contribution in [0.1, 0.15) is 5.01 Å². The van der Waals surface area contributed by atoms with Crippen molar-refractivity contribution in [3.63, 3.8) is 0 Å². The van der Waals surface area contributed by atoms with E-state index in [9.17, 15) is 4.79 Å². The van der Waals surface area contributed by atoms with E-state index in [2.05, 4.69) is 20.3 Å². The molecule has 0 unspecified atom stereocenters. The first kappa shape index (κ1) is 13.3. The number of hydrogen-bond acceptors (Lipinski definition) is 6. The molecule has 2 N–H and O–H groups in total. The molecule has 0 aliphatic carbocycles. The lowest BCUT2D eigenvalue weighted by atomic mass is 10.3. The Kier molecular flexibility index (Phi) is 3.61. The van der Waals surface area contributed by atoms with E-state index in [1.807, 2.05) is 24.3 Å². The van der Waals surface area contributed by atoms with Crippen LogP contribution in [0.15, 0.2) is 36.7 Å². The zero-order valence-electron chi connectivity index (χ0n) is 10.7. The van der Waals surface area contributed by atoms with E-state index in [1.165, 1.54) is 12.4 Å². The van der Waals surface area contributed by atoms with Gasteiger partial charge in [-0.2, -0.15) is 0 Å². The lowest BCUT2D eigenvalue weighted by molar-refractivity contribution is 0.209. The van der Waals surface area contributed by atoms with Crippen LogP contribution in [0.3, 0.4) is 0 Å². The van der Waals surface area contributed by atoms with E-state index < -0.39 is 6.09 Å². The van der Waals surface area contributed by atoms with Crippen molar-refractivity contribution >= 4 is 33.5 Å². The Morgan fingerprint density at radius 3 is 3.00 bits per heavy atom. The summed E-state index contributed by atoms with van der Waals surface area (Å²) in [7, 11) is 0. The van der Waals surface area contributed by atoms with Gasteiger partial charge in [-0.1, -0.05) is 12.1 Å². The minimum absolute atomic E-state index is 0.164. The molecule has 0 aliphatic heterocycles. The summed E-state index contributed by atoms with van der Waals surface area (Å²) in [4.78, 5) is 22.7. The highest BCUT2D eigenvalue weighted by Gasteiger charge is 2.06.